The third-order valence-corrected chi connectivity index (χ3v) is 7.61. The van der Waals surface area contributed by atoms with Gasteiger partial charge in [0.15, 0.2) is 11.4 Å². The van der Waals surface area contributed by atoms with Crippen LogP contribution in [0.3, 0.4) is 0 Å². The van der Waals surface area contributed by atoms with Gasteiger partial charge in [-0.15, -0.1) is 0 Å². The molecule has 1 atom stereocenters. The topological polar surface area (TPSA) is 127 Å². The van der Waals surface area contributed by atoms with Crippen LogP contribution in [0.1, 0.15) is 36.1 Å². The van der Waals surface area contributed by atoms with Gasteiger partial charge in [0, 0.05) is 46.3 Å². The number of nitrogens with two attached hydrogens (primary N) is 1. The van der Waals surface area contributed by atoms with E-state index in [-0.39, 0.29) is 22.4 Å². The number of aryl methyl sites for hydroxylation is 1. The Hall–Kier alpha value is -2.44. The average molecular weight is 522 g/mol. The van der Waals surface area contributed by atoms with Gasteiger partial charge in [0.05, 0.1) is 21.9 Å². The highest BCUT2D eigenvalue weighted by Gasteiger charge is 2.36. The van der Waals surface area contributed by atoms with Gasteiger partial charge in [-0.3, -0.25) is 9.48 Å². The number of aromatic nitrogens is 4. The number of carbonyl (C=O) groups is 1. The molecule has 1 unspecified atom stereocenters. The molecule has 2 aromatic heterocycles. The molecule has 0 fully saturated rings. The van der Waals surface area contributed by atoms with Crippen molar-refractivity contribution in [1.82, 2.24) is 29.0 Å². The molecule has 0 spiro atoms. The molecular formula is C23H32ClN7O3S. The largest absolute Gasteiger partial charge is 0.329 e. The maximum Gasteiger partial charge on any atom is 0.242 e. The van der Waals surface area contributed by atoms with Crippen LogP contribution in [0, 0.1) is 0 Å². The molecule has 0 saturated carbocycles. The molecular weight excluding hydrogens is 490 g/mol. The van der Waals surface area contributed by atoms with Crippen molar-refractivity contribution in [3.8, 4) is 0 Å². The van der Waals surface area contributed by atoms with Crippen molar-refractivity contribution < 1.29 is 13.2 Å². The van der Waals surface area contributed by atoms with E-state index in [0.717, 1.165) is 29.4 Å². The van der Waals surface area contributed by atoms with Crippen molar-refractivity contribution in [1.29, 1.82) is 0 Å². The predicted molar refractivity (Wildman–Crippen MR) is 136 cm³/mol. The number of benzene rings is 1. The molecule has 0 radical (unpaired) electrons. The van der Waals surface area contributed by atoms with Crippen molar-refractivity contribution in [3.05, 3.63) is 46.5 Å². The second-order valence-electron chi connectivity index (χ2n) is 8.82. The molecule has 35 heavy (non-hydrogen) atoms. The average Bonchev–Trinajstić information content (AvgIpc) is 3.32. The number of Topliss-reactive ketones (excluding diaryl/α,β-unsaturated/α-hetero) is 1. The lowest BCUT2D eigenvalue weighted by Crippen LogP contribution is -2.22. The van der Waals surface area contributed by atoms with Crippen LogP contribution in [0.5, 0.6) is 0 Å². The molecule has 190 valence electrons. The number of fused-ring (bicyclic) bond motifs is 2. The number of carbonyl (C=O) groups excluding carboxylic acids is 1. The summed E-state index contributed by atoms with van der Waals surface area (Å²) in [5, 5.41) is 5.08. The van der Waals surface area contributed by atoms with E-state index in [2.05, 4.69) is 20.0 Å². The van der Waals surface area contributed by atoms with Crippen molar-refractivity contribution in [2.45, 2.75) is 37.1 Å². The molecule has 1 aromatic carbocycles. The van der Waals surface area contributed by atoms with Gasteiger partial charge in [-0.05, 0) is 55.4 Å². The summed E-state index contributed by atoms with van der Waals surface area (Å²) in [6.07, 6.45) is 2.92. The van der Waals surface area contributed by atoms with E-state index >= 15 is 0 Å². The summed E-state index contributed by atoms with van der Waals surface area (Å²) in [6.45, 7) is 4.48. The summed E-state index contributed by atoms with van der Waals surface area (Å²) < 4.78 is 28.1. The van der Waals surface area contributed by atoms with Gasteiger partial charge in [0.25, 0.3) is 0 Å². The monoisotopic (exact) mass is 521 g/mol. The maximum atomic E-state index is 12.9. The standard InChI is InChI=1S/C19H20ClN5O3S.C4H12N2/c1-4-7-25-10-14-17(21-19(20)22-18(14)23-25)16-13-9-12(29(27,28)24(2)3)6-5-11(13)8-15(16)26;1-6(2)4-3-5/h5-6,9-10,16H,4,7-8H2,1-3H3;3-5H2,1-2H3. The highest BCUT2D eigenvalue weighted by molar-refractivity contribution is 7.89. The molecule has 2 heterocycles. The second kappa shape index (κ2) is 11.1. The smallest absolute Gasteiger partial charge is 0.242 e. The van der Waals surface area contributed by atoms with Crippen LogP contribution in [0.2, 0.25) is 5.28 Å². The Morgan fingerprint density at radius 2 is 1.91 bits per heavy atom. The number of sulfonamides is 1. The zero-order valence-electron chi connectivity index (χ0n) is 20.7. The summed E-state index contributed by atoms with van der Waals surface area (Å²) in [4.78, 5) is 23.7. The molecule has 0 bridgehead atoms. The van der Waals surface area contributed by atoms with Crippen LogP contribution in [0.25, 0.3) is 11.0 Å². The van der Waals surface area contributed by atoms with Gasteiger partial charge in [-0.1, -0.05) is 13.0 Å². The summed E-state index contributed by atoms with van der Waals surface area (Å²) in [5.74, 6) is -0.761. The lowest BCUT2D eigenvalue weighted by Gasteiger charge is -2.15. The summed E-state index contributed by atoms with van der Waals surface area (Å²) in [5.41, 5.74) is 7.50. The van der Waals surface area contributed by atoms with Crippen LogP contribution in [0.15, 0.2) is 29.3 Å². The first kappa shape index (κ1) is 27.2. The molecule has 3 aromatic rings. The number of nitrogens with zero attached hydrogens (tertiary/aromatic N) is 6. The summed E-state index contributed by atoms with van der Waals surface area (Å²) in [7, 11) is 3.33. The van der Waals surface area contributed by atoms with Crippen molar-refractivity contribution in [2.75, 3.05) is 41.3 Å². The van der Waals surface area contributed by atoms with Gasteiger partial charge >= 0.3 is 0 Å². The Morgan fingerprint density at radius 1 is 1.20 bits per heavy atom. The fraction of sp³-hybridized carbons (Fsp3) is 0.478. The van der Waals surface area contributed by atoms with Gasteiger partial charge in [0.1, 0.15) is 0 Å². The Bertz CT molecular complexity index is 1320. The molecule has 1 aliphatic rings. The van der Waals surface area contributed by atoms with Crippen LogP contribution in [-0.4, -0.2) is 84.4 Å². The zero-order chi connectivity index (χ0) is 25.9. The van der Waals surface area contributed by atoms with E-state index in [0.29, 0.717) is 28.8 Å². The highest BCUT2D eigenvalue weighted by Crippen LogP contribution is 2.39. The van der Waals surface area contributed by atoms with Crippen molar-refractivity contribution in [3.63, 3.8) is 0 Å². The number of likely N-dealkylation sites (N-methyl/N-ethyl adjacent to an activating group) is 1. The lowest BCUT2D eigenvalue weighted by atomic mass is 9.95. The molecule has 12 heteroatoms. The molecule has 0 aliphatic heterocycles. The fourth-order valence-electron chi connectivity index (χ4n) is 3.91. The van der Waals surface area contributed by atoms with Crippen LogP contribution < -0.4 is 5.73 Å². The van der Waals surface area contributed by atoms with Gasteiger partial charge in [-0.2, -0.15) is 10.1 Å². The van der Waals surface area contributed by atoms with Crippen molar-refractivity contribution >= 4 is 38.4 Å². The summed E-state index contributed by atoms with van der Waals surface area (Å²) in [6, 6.07) is 4.80. The first-order valence-corrected chi connectivity index (χ1v) is 13.1. The van der Waals surface area contributed by atoms with Crippen LogP contribution >= 0.6 is 11.6 Å². The second-order valence-corrected chi connectivity index (χ2v) is 11.3. The Balaban J connectivity index is 0.000000509. The number of ketones is 1. The highest BCUT2D eigenvalue weighted by atomic mass is 35.5. The maximum absolute atomic E-state index is 12.9. The minimum Gasteiger partial charge on any atom is -0.329 e. The third kappa shape index (κ3) is 5.87. The van der Waals surface area contributed by atoms with E-state index < -0.39 is 15.9 Å². The zero-order valence-corrected chi connectivity index (χ0v) is 22.3. The number of rotatable bonds is 7. The number of hydrogen-bond acceptors (Lipinski definition) is 8. The first-order valence-electron chi connectivity index (χ1n) is 11.3. The van der Waals surface area contributed by atoms with Gasteiger partial charge in [0.2, 0.25) is 15.3 Å². The molecule has 0 saturated heterocycles. The minimum absolute atomic E-state index is 0.00701. The molecule has 2 N–H and O–H groups in total. The summed E-state index contributed by atoms with van der Waals surface area (Å²) >= 11 is 6.12. The van der Waals surface area contributed by atoms with Crippen molar-refractivity contribution in [2.24, 2.45) is 5.73 Å². The predicted octanol–water partition coefficient (Wildman–Crippen LogP) is 1.90. The van der Waals surface area contributed by atoms with Crippen LogP contribution in [0.4, 0.5) is 0 Å². The molecule has 4 rings (SSSR count). The lowest BCUT2D eigenvalue weighted by molar-refractivity contribution is -0.118. The van der Waals surface area contributed by atoms with E-state index in [1.165, 1.54) is 20.2 Å². The van der Waals surface area contributed by atoms with E-state index in [9.17, 15) is 13.2 Å². The number of halogens is 1. The minimum atomic E-state index is -3.63. The fourth-order valence-corrected chi connectivity index (χ4v) is 5.01. The number of hydrogen-bond donors (Lipinski definition) is 1. The van der Waals surface area contributed by atoms with Gasteiger partial charge < -0.3 is 10.6 Å². The Labute approximate surface area is 211 Å². The third-order valence-electron chi connectivity index (χ3n) is 5.63. The van der Waals surface area contributed by atoms with E-state index in [1.807, 2.05) is 27.2 Å². The van der Waals surface area contributed by atoms with E-state index in [1.54, 1.807) is 16.8 Å². The van der Waals surface area contributed by atoms with Crippen LogP contribution in [-0.2, 0) is 27.8 Å². The normalized spacial score (nSPS) is 15.6. The molecule has 10 nitrogen and oxygen atoms in total. The Morgan fingerprint density at radius 3 is 2.49 bits per heavy atom. The van der Waals surface area contributed by atoms with E-state index in [4.69, 9.17) is 17.3 Å². The first-order chi connectivity index (χ1) is 16.5. The Kier molecular flexibility index (Phi) is 8.60. The SMILES string of the molecule is CCCn1cc2c(C3C(=O)Cc4ccc(S(=O)(=O)N(C)C)cc43)nc(Cl)nc2n1.CN(C)CCN. The molecule has 0 amide bonds. The quantitative estimate of drug-likeness (QED) is 0.467. The molecule has 1 aliphatic carbocycles. The van der Waals surface area contributed by atoms with Gasteiger partial charge in [-0.25, -0.2) is 17.7 Å².